The van der Waals surface area contributed by atoms with Crippen LogP contribution < -0.4 is 10.6 Å². The Kier molecular flexibility index (Phi) is 6.84. The highest BCUT2D eigenvalue weighted by atomic mass is 16.6. The molecule has 2 amide bonds. The van der Waals surface area contributed by atoms with Gasteiger partial charge in [0.05, 0.1) is 31.1 Å². The fourth-order valence-corrected chi connectivity index (χ4v) is 4.60. The summed E-state index contributed by atoms with van der Waals surface area (Å²) >= 11 is 0. The van der Waals surface area contributed by atoms with Crippen LogP contribution in [0.25, 0.3) is 0 Å². The van der Waals surface area contributed by atoms with Gasteiger partial charge in [-0.25, -0.2) is 9.48 Å². The molecule has 0 bridgehead atoms. The summed E-state index contributed by atoms with van der Waals surface area (Å²) in [6.07, 6.45) is 1.59. The summed E-state index contributed by atoms with van der Waals surface area (Å²) < 4.78 is 13.9. The molecule has 0 saturated carbocycles. The van der Waals surface area contributed by atoms with Gasteiger partial charge in [0.1, 0.15) is 18.2 Å². The highest BCUT2D eigenvalue weighted by molar-refractivity contribution is 5.74. The van der Waals surface area contributed by atoms with E-state index in [1.54, 1.807) is 0 Å². The predicted octanol–water partition coefficient (Wildman–Crippen LogP) is 2.12. The molecule has 2 aromatic carbocycles. The number of amides is 2. The number of nitrogens with one attached hydrogen (secondary N) is 2. The number of rotatable bonds is 8. The Labute approximate surface area is 199 Å². The maximum absolute atomic E-state index is 12.4. The summed E-state index contributed by atoms with van der Waals surface area (Å²) in [5, 5.41) is 14.6. The first-order chi connectivity index (χ1) is 16.7. The SMILES string of the molecule is CN(Cc1ccccc1)Cc1cn(C2COC3C(NC(=O)NCc4ccccc4)COC32)nn1. The number of hydrogen-bond donors (Lipinski definition) is 2. The molecule has 178 valence electrons. The highest BCUT2D eigenvalue weighted by Crippen LogP contribution is 2.34. The van der Waals surface area contributed by atoms with Crippen LogP contribution in [0.1, 0.15) is 22.9 Å². The minimum atomic E-state index is -0.227. The van der Waals surface area contributed by atoms with E-state index in [2.05, 4.69) is 45.0 Å². The van der Waals surface area contributed by atoms with Crippen molar-refractivity contribution in [2.24, 2.45) is 0 Å². The molecular formula is C25H30N6O3. The summed E-state index contributed by atoms with van der Waals surface area (Å²) in [7, 11) is 2.07. The molecule has 1 aromatic heterocycles. The maximum Gasteiger partial charge on any atom is 0.315 e. The van der Waals surface area contributed by atoms with Gasteiger partial charge in [0.15, 0.2) is 0 Å². The molecule has 2 aliphatic rings. The molecule has 2 saturated heterocycles. The molecule has 0 spiro atoms. The Morgan fingerprint density at radius 2 is 1.71 bits per heavy atom. The molecule has 3 heterocycles. The van der Waals surface area contributed by atoms with Crippen LogP contribution in [0.15, 0.2) is 66.9 Å². The van der Waals surface area contributed by atoms with Gasteiger partial charge in [0, 0.05) is 19.6 Å². The number of nitrogens with zero attached hydrogens (tertiary/aromatic N) is 4. The van der Waals surface area contributed by atoms with E-state index in [9.17, 15) is 4.79 Å². The summed E-state index contributed by atoms with van der Waals surface area (Å²) in [5.74, 6) is 0. The van der Waals surface area contributed by atoms with Crippen molar-refractivity contribution in [2.75, 3.05) is 20.3 Å². The fourth-order valence-electron chi connectivity index (χ4n) is 4.60. The van der Waals surface area contributed by atoms with E-state index in [1.807, 2.05) is 59.4 Å². The normalized spacial score (nSPS) is 23.7. The molecule has 4 unspecified atom stereocenters. The van der Waals surface area contributed by atoms with Crippen molar-refractivity contribution in [1.29, 1.82) is 0 Å². The Morgan fingerprint density at radius 1 is 1.00 bits per heavy atom. The number of aromatic nitrogens is 3. The molecule has 4 atom stereocenters. The Morgan fingerprint density at radius 3 is 2.47 bits per heavy atom. The number of urea groups is 1. The van der Waals surface area contributed by atoms with E-state index in [1.165, 1.54) is 5.56 Å². The van der Waals surface area contributed by atoms with Crippen molar-refractivity contribution < 1.29 is 14.3 Å². The molecule has 2 N–H and O–H groups in total. The second-order valence-electron chi connectivity index (χ2n) is 8.93. The van der Waals surface area contributed by atoms with Crippen molar-refractivity contribution in [2.45, 2.75) is 43.9 Å². The van der Waals surface area contributed by atoms with Gasteiger partial charge < -0.3 is 20.1 Å². The van der Waals surface area contributed by atoms with Crippen LogP contribution in [0.3, 0.4) is 0 Å². The third-order valence-corrected chi connectivity index (χ3v) is 6.26. The summed E-state index contributed by atoms with van der Waals surface area (Å²) in [6, 6.07) is 19.7. The lowest BCUT2D eigenvalue weighted by atomic mass is 10.1. The fraction of sp³-hybridized carbons (Fsp3) is 0.400. The first-order valence-electron chi connectivity index (χ1n) is 11.6. The quantitative estimate of drug-likeness (QED) is 0.533. The largest absolute Gasteiger partial charge is 0.371 e. The van der Waals surface area contributed by atoms with E-state index in [0.717, 1.165) is 17.8 Å². The van der Waals surface area contributed by atoms with E-state index in [4.69, 9.17) is 9.47 Å². The number of carbonyl (C=O) groups is 1. The molecular weight excluding hydrogens is 432 g/mol. The minimum absolute atomic E-state index is 0.0649. The molecule has 34 heavy (non-hydrogen) atoms. The Balaban J connectivity index is 1.12. The number of benzene rings is 2. The summed E-state index contributed by atoms with van der Waals surface area (Å²) in [4.78, 5) is 14.6. The van der Waals surface area contributed by atoms with Crippen LogP contribution in [0.5, 0.6) is 0 Å². The Hall–Kier alpha value is -3.27. The summed E-state index contributed by atoms with van der Waals surface area (Å²) in [5.41, 5.74) is 3.21. The second kappa shape index (κ2) is 10.3. The number of fused-ring (bicyclic) bond motifs is 1. The van der Waals surface area contributed by atoms with Crippen LogP contribution in [-0.4, -0.2) is 64.4 Å². The van der Waals surface area contributed by atoms with Gasteiger partial charge in [-0.05, 0) is 18.2 Å². The summed E-state index contributed by atoms with van der Waals surface area (Å²) in [6.45, 7) is 2.89. The van der Waals surface area contributed by atoms with Gasteiger partial charge in [0.25, 0.3) is 0 Å². The lowest BCUT2D eigenvalue weighted by molar-refractivity contribution is 0.0622. The van der Waals surface area contributed by atoms with Gasteiger partial charge >= 0.3 is 6.03 Å². The van der Waals surface area contributed by atoms with Gasteiger partial charge in [-0.15, -0.1) is 5.10 Å². The zero-order valence-electron chi connectivity index (χ0n) is 19.2. The zero-order chi connectivity index (χ0) is 23.3. The van der Waals surface area contributed by atoms with Gasteiger partial charge in [-0.2, -0.15) is 0 Å². The third-order valence-electron chi connectivity index (χ3n) is 6.26. The molecule has 2 fully saturated rings. The monoisotopic (exact) mass is 462 g/mol. The van der Waals surface area contributed by atoms with Crippen LogP contribution in [0.2, 0.25) is 0 Å². The average molecular weight is 463 g/mol. The minimum Gasteiger partial charge on any atom is -0.371 e. The second-order valence-corrected chi connectivity index (χ2v) is 8.93. The van der Waals surface area contributed by atoms with Crippen molar-refractivity contribution in [1.82, 2.24) is 30.5 Å². The van der Waals surface area contributed by atoms with Gasteiger partial charge in [-0.3, -0.25) is 4.90 Å². The standard InChI is InChI=1S/C25H30N6O3/c1-30(13-19-10-6-3-7-11-19)14-20-15-31(29-28-20)22-17-34-23-21(16-33-24(22)23)27-25(32)26-12-18-8-4-2-5-9-18/h2-11,15,21-24H,12-14,16-17H2,1H3,(H2,26,27,32). The number of carbonyl (C=O) groups excluding carboxylic acids is 1. The molecule has 0 aliphatic carbocycles. The lowest BCUT2D eigenvalue weighted by Crippen LogP contribution is -2.48. The Bertz CT molecular complexity index is 1080. The van der Waals surface area contributed by atoms with Crippen molar-refractivity contribution >= 4 is 6.03 Å². The zero-order valence-corrected chi connectivity index (χ0v) is 19.2. The van der Waals surface area contributed by atoms with E-state index in [0.29, 0.717) is 26.3 Å². The number of hydrogen-bond acceptors (Lipinski definition) is 6. The first-order valence-corrected chi connectivity index (χ1v) is 11.6. The van der Waals surface area contributed by atoms with Crippen molar-refractivity contribution in [3.05, 3.63) is 83.7 Å². The topological polar surface area (TPSA) is 93.5 Å². The van der Waals surface area contributed by atoms with E-state index < -0.39 is 0 Å². The molecule has 9 heteroatoms. The number of ether oxygens (including phenoxy) is 2. The molecule has 0 radical (unpaired) electrons. The van der Waals surface area contributed by atoms with Crippen LogP contribution >= 0.6 is 0 Å². The average Bonchev–Trinajstić information content (AvgIpc) is 3.57. The van der Waals surface area contributed by atoms with Crippen molar-refractivity contribution in [3.63, 3.8) is 0 Å². The van der Waals surface area contributed by atoms with E-state index >= 15 is 0 Å². The maximum atomic E-state index is 12.4. The van der Waals surface area contributed by atoms with E-state index in [-0.39, 0.29) is 30.3 Å². The molecule has 3 aromatic rings. The van der Waals surface area contributed by atoms with Crippen molar-refractivity contribution in [3.8, 4) is 0 Å². The predicted molar refractivity (Wildman–Crippen MR) is 126 cm³/mol. The molecule has 2 aliphatic heterocycles. The lowest BCUT2D eigenvalue weighted by Gasteiger charge is -2.18. The third kappa shape index (κ3) is 5.27. The van der Waals surface area contributed by atoms with Crippen LogP contribution in [0.4, 0.5) is 4.79 Å². The molecule has 5 rings (SSSR count). The van der Waals surface area contributed by atoms with Gasteiger partial charge in [0.2, 0.25) is 0 Å². The van der Waals surface area contributed by atoms with Crippen LogP contribution in [-0.2, 0) is 29.1 Å². The smallest absolute Gasteiger partial charge is 0.315 e. The van der Waals surface area contributed by atoms with Crippen LogP contribution in [0, 0.1) is 0 Å². The highest BCUT2D eigenvalue weighted by Gasteiger charge is 2.49. The first kappa shape index (κ1) is 22.5. The van der Waals surface area contributed by atoms with Gasteiger partial charge in [-0.1, -0.05) is 65.9 Å². The molecule has 9 nitrogen and oxygen atoms in total.